The fraction of sp³-hybridized carbons (Fsp3) is 0.556. The van der Waals surface area contributed by atoms with Crippen molar-refractivity contribution in [3.05, 3.63) is 32.4 Å². The standard InChI is InChI=1S/C18H23F2N3O3S2/c1-12(25-2)16-21-13(11-28-16)10-22-5-3-6-23(8-7-22)17(24)15-14(4-9-27-15)26-18(19)20/h4,9,11-12,18H,3,5-8,10H2,1-2H3/t12-/m1/s1. The van der Waals surface area contributed by atoms with Gasteiger partial charge in [0.2, 0.25) is 0 Å². The Morgan fingerprint density at radius 1 is 1.29 bits per heavy atom. The van der Waals surface area contributed by atoms with E-state index >= 15 is 0 Å². The molecule has 0 unspecified atom stereocenters. The van der Waals surface area contributed by atoms with Gasteiger partial charge in [0.15, 0.2) is 0 Å². The number of alkyl halides is 2. The molecule has 0 aliphatic carbocycles. The second-order valence-corrected chi connectivity index (χ2v) is 8.28. The van der Waals surface area contributed by atoms with Crippen molar-refractivity contribution in [1.29, 1.82) is 0 Å². The number of halogens is 2. The number of hydrogen-bond donors (Lipinski definition) is 0. The van der Waals surface area contributed by atoms with E-state index in [9.17, 15) is 13.6 Å². The molecule has 1 aliphatic rings. The van der Waals surface area contributed by atoms with Gasteiger partial charge in [-0.3, -0.25) is 9.69 Å². The van der Waals surface area contributed by atoms with Gasteiger partial charge < -0.3 is 14.4 Å². The van der Waals surface area contributed by atoms with Crippen molar-refractivity contribution in [2.75, 3.05) is 33.3 Å². The number of amides is 1. The van der Waals surface area contributed by atoms with Crippen LogP contribution >= 0.6 is 22.7 Å². The third-order valence-corrected chi connectivity index (χ3v) is 6.51. The van der Waals surface area contributed by atoms with Crippen LogP contribution < -0.4 is 4.74 Å². The fourth-order valence-corrected chi connectivity index (χ4v) is 4.66. The summed E-state index contributed by atoms with van der Waals surface area (Å²) in [5.74, 6) is -0.300. The first kappa shape index (κ1) is 21.1. The van der Waals surface area contributed by atoms with Crippen LogP contribution in [0.25, 0.3) is 0 Å². The van der Waals surface area contributed by atoms with Gasteiger partial charge in [-0.1, -0.05) is 0 Å². The molecule has 0 aromatic carbocycles. The van der Waals surface area contributed by atoms with E-state index in [1.807, 2.05) is 12.3 Å². The molecule has 1 aliphatic heterocycles. The summed E-state index contributed by atoms with van der Waals surface area (Å²) in [5, 5.41) is 4.59. The summed E-state index contributed by atoms with van der Waals surface area (Å²) in [4.78, 5) is 21.6. The average Bonchev–Trinajstić information content (AvgIpc) is 3.25. The van der Waals surface area contributed by atoms with E-state index in [-0.39, 0.29) is 22.6 Å². The van der Waals surface area contributed by atoms with Gasteiger partial charge >= 0.3 is 6.61 Å². The molecule has 0 bridgehead atoms. The van der Waals surface area contributed by atoms with E-state index in [1.165, 1.54) is 6.07 Å². The van der Waals surface area contributed by atoms with E-state index in [2.05, 4.69) is 14.6 Å². The normalized spacial score (nSPS) is 17.0. The lowest BCUT2D eigenvalue weighted by Gasteiger charge is -2.21. The monoisotopic (exact) mass is 431 g/mol. The van der Waals surface area contributed by atoms with Gasteiger partial charge in [0.05, 0.1) is 5.69 Å². The number of hydrogen-bond acceptors (Lipinski definition) is 7. The maximum Gasteiger partial charge on any atom is 0.387 e. The molecule has 0 radical (unpaired) electrons. The summed E-state index contributed by atoms with van der Waals surface area (Å²) < 4.78 is 34.8. The molecule has 28 heavy (non-hydrogen) atoms. The fourth-order valence-electron chi connectivity index (χ4n) is 3.03. The number of thiazole rings is 1. The average molecular weight is 432 g/mol. The Morgan fingerprint density at radius 3 is 2.86 bits per heavy atom. The lowest BCUT2D eigenvalue weighted by atomic mass is 10.3. The van der Waals surface area contributed by atoms with Crippen LogP contribution in [0.15, 0.2) is 16.8 Å². The Hall–Kier alpha value is -1.62. The van der Waals surface area contributed by atoms with Gasteiger partial charge in [0.25, 0.3) is 5.91 Å². The zero-order valence-electron chi connectivity index (χ0n) is 15.8. The van der Waals surface area contributed by atoms with E-state index in [0.29, 0.717) is 26.2 Å². The van der Waals surface area contributed by atoms with Gasteiger partial charge in [-0.05, 0) is 24.8 Å². The minimum Gasteiger partial charge on any atom is -0.433 e. The number of methoxy groups -OCH3 is 1. The summed E-state index contributed by atoms with van der Waals surface area (Å²) in [5.41, 5.74) is 0.995. The Balaban J connectivity index is 1.58. The molecule has 154 valence electrons. The number of carbonyl (C=O) groups excluding carboxylic acids is 1. The molecule has 10 heteroatoms. The van der Waals surface area contributed by atoms with Gasteiger partial charge in [0, 0.05) is 45.2 Å². The van der Waals surface area contributed by atoms with Crippen molar-refractivity contribution in [3.8, 4) is 5.75 Å². The molecule has 3 rings (SSSR count). The van der Waals surface area contributed by atoms with E-state index in [4.69, 9.17) is 4.74 Å². The molecular formula is C18H23F2N3O3S2. The number of aromatic nitrogens is 1. The highest BCUT2D eigenvalue weighted by Crippen LogP contribution is 2.28. The highest BCUT2D eigenvalue weighted by Gasteiger charge is 2.25. The third kappa shape index (κ3) is 5.25. The van der Waals surface area contributed by atoms with Crippen LogP contribution in [0.1, 0.15) is 39.8 Å². The molecule has 0 spiro atoms. The van der Waals surface area contributed by atoms with Crippen LogP contribution in [0.3, 0.4) is 0 Å². The lowest BCUT2D eigenvalue weighted by molar-refractivity contribution is -0.0499. The first-order chi connectivity index (χ1) is 13.5. The maximum absolute atomic E-state index is 12.8. The van der Waals surface area contributed by atoms with E-state index < -0.39 is 6.61 Å². The van der Waals surface area contributed by atoms with Crippen molar-refractivity contribution >= 4 is 28.6 Å². The van der Waals surface area contributed by atoms with E-state index in [1.54, 1.807) is 28.7 Å². The van der Waals surface area contributed by atoms with Crippen LogP contribution in [0.4, 0.5) is 8.78 Å². The first-order valence-electron chi connectivity index (χ1n) is 8.99. The highest BCUT2D eigenvalue weighted by molar-refractivity contribution is 7.12. The molecule has 0 saturated carbocycles. The predicted molar refractivity (Wildman–Crippen MR) is 104 cm³/mol. The Bertz CT molecular complexity index is 784. The van der Waals surface area contributed by atoms with Gasteiger partial charge in [-0.2, -0.15) is 8.78 Å². The minimum absolute atomic E-state index is 0.0218. The zero-order valence-corrected chi connectivity index (χ0v) is 17.4. The number of rotatable bonds is 7. The quantitative estimate of drug-likeness (QED) is 0.666. The molecular weight excluding hydrogens is 408 g/mol. The molecule has 3 heterocycles. The first-order valence-corrected chi connectivity index (χ1v) is 10.7. The van der Waals surface area contributed by atoms with Gasteiger partial charge in [-0.15, -0.1) is 22.7 Å². The number of thiophene rings is 1. The number of ether oxygens (including phenoxy) is 2. The highest BCUT2D eigenvalue weighted by atomic mass is 32.1. The molecule has 2 aromatic heterocycles. The molecule has 6 nitrogen and oxygen atoms in total. The second-order valence-electron chi connectivity index (χ2n) is 6.47. The summed E-state index contributed by atoms with van der Waals surface area (Å²) in [6.45, 7) is 2.42. The summed E-state index contributed by atoms with van der Waals surface area (Å²) in [6, 6.07) is 1.41. The van der Waals surface area contributed by atoms with Crippen LogP contribution in [0, 0.1) is 0 Å². The number of carbonyl (C=O) groups is 1. The summed E-state index contributed by atoms with van der Waals surface area (Å²) in [6.07, 6.45) is 0.791. The predicted octanol–water partition coefficient (Wildman–Crippen LogP) is 3.86. The van der Waals surface area contributed by atoms with Gasteiger partial charge in [0.1, 0.15) is 21.7 Å². The molecule has 1 atom stereocenters. The smallest absolute Gasteiger partial charge is 0.387 e. The minimum atomic E-state index is -2.94. The molecule has 1 amide bonds. The Labute approximate surface area is 170 Å². The largest absolute Gasteiger partial charge is 0.433 e. The van der Waals surface area contributed by atoms with Gasteiger partial charge in [-0.25, -0.2) is 4.98 Å². The molecule has 1 saturated heterocycles. The Morgan fingerprint density at radius 2 is 2.11 bits per heavy atom. The van der Waals surface area contributed by atoms with Crippen LogP contribution in [-0.4, -0.2) is 60.6 Å². The third-order valence-electron chi connectivity index (χ3n) is 4.57. The van der Waals surface area contributed by atoms with Crippen molar-refractivity contribution in [1.82, 2.24) is 14.8 Å². The van der Waals surface area contributed by atoms with Crippen LogP contribution in [-0.2, 0) is 11.3 Å². The molecule has 1 fully saturated rings. The number of nitrogens with zero attached hydrogens (tertiary/aromatic N) is 3. The SMILES string of the molecule is CO[C@H](C)c1nc(CN2CCCN(C(=O)c3sccc3OC(F)F)CC2)cs1. The van der Waals surface area contributed by atoms with E-state index in [0.717, 1.165) is 35.0 Å². The molecule has 2 aromatic rings. The second kappa shape index (κ2) is 9.73. The van der Waals surface area contributed by atoms with Crippen LogP contribution in [0.2, 0.25) is 0 Å². The Kier molecular flexibility index (Phi) is 7.33. The van der Waals surface area contributed by atoms with Crippen LogP contribution in [0.5, 0.6) is 5.75 Å². The molecule has 0 N–H and O–H groups in total. The maximum atomic E-state index is 12.8. The summed E-state index contributed by atoms with van der Waals surface area (Å²) in [7, 11) is 1.66. The van der Waals surface area contributed by atoms with Crippen molar-refractivity contribution in [3.63, 3.8) is 0 Å². The zero-order chi connectivity index (χ0) is 20.1. The lowest BCUT2D eigenvalue weighted by Crippen LogP contribution is -2.35. The van der Waals surface area contributed by atoms with Crippen molar-refractivity contribution in [2.24, 2.45) is 0 Å². The van der Waals surface area contributed by atoms with Crippen molar-refractivity contribution < 1.29 is 23.0 Å². The topological polar surface area (TPSA) is 54.9 Å². The van der Waals surface area contributed by atoms with Crippen molar-refractivity contribution in [2.45, 2.75) is 32.6 Å². The summed E-state index contributed by atoms with van der Waals surface area (Å²) >= 11 is 2.71.